The number of hydrogen-bond donors (Lipinski definition) is 1. The Morgan fingerprint density at radius 3 is 2.92 bits per heavy atom. The number of rotatable bonds is 0. The zero-order chi connectivity index (χ0) is 8.97. The fourth-order valence-corrected chi connectivity index (χ4v) is 1.39. The zero-order valence-corrected chi connectivity index (χ0v) is 7.77. The van der Waals surface area contributed by atoms with E-state index >= 15 is 0 Å². The summed E-state index contributed by atoms with van der Waals surface area (Å²) in [5, 5.41) is 9.75. The van der Waals surface area contributed by atoms with Crippen LogP contribution in [0.25, 0.3) is 0 Å². The van der Waals surface area contributed by atoms with Crippen molar-refractivity contribution in [3.8, 4) is 0 Å². The Kier molecular flexibility index (Phi) is 3.42. The van der Waals surface area contributed by atoms with Crippen LogP contribution in [0.1, 0.15) is 25.7 Å². The monoisotopic (exact) mass is 184 g/mol. The third-order valence-corrected chi connectivity index (χ3v) is 2.17. The van der Waals surface area contributed by atoms with Crippen LogP contribution in [0, 0.1) is 0 Å². The minimum absolute atomic E-state index is 0.180. The van der Waals surface area contributed by atoms with Gasteiger partial charge in [-0.3, -0.25) is 0 Å². The quantitative estimate of drug-likeness (QED) is 0.609. The van der Waals surface area contributed by atoms with E-state index in [4.69, 9.17) is 11.6 Å². The summed E-state index contributed by atoms with van der Waals surface area (Å²) in [4.78, 5) is 0. The molecule has 0 spiro atoms. The highest BCUT2D eigenvalue weighted by Gasteiger charge is 2.02. The van der Waals surface area contributed by atoms with Gasteiger partial charge in [0.2, 0.25) is 0 Å². The zero-order valence-electron chi connectivity index (χ0n) is 7.02. The molecule has 1 aliphatic carbocycles. The van der Waals surface area contributed by atoms with Crippen LogP contribution in [0.15, 0.2) is 35.1 Å². The third kappa shape index (κ3) is 2.74. The largest absolute Gasteiger partial charge is 0.507 e. The number of aliphatic hydroxyl groups is 1. The van der Waals surface area contributed by atoms with Gasteiger partial charge in [-0.15, -0.1) is 0 Å². The first-order valence-electron chi connectivity index (χ1n) is 4.14. The maximum absolute atomic E-state index is 9.35. The smallest absolute Gasteiger partial charge is 0.130 e. The topological polar surface area (TPSA) is 20.2 Å². The molecule has 0 atom stereocenters. The average molecular weight is 185 g/mol. The van der Waals surface area contributed by atoms with E-state index in [-0.39, 0.29) is 5.76 Å². The molecule has 0 saturated heterocycles. The van der Waals surface area contributed by atoms with Crippen molar-refractivity contribution in [3.05, 3.63) is 35.1 Å². The lowest BCUT2D eigenvalue weighted by Crippen LogP contribution is -1.80. The molecule has 2 heteroatoms. The molecule has 0 bridgehead atoms. The molecule has 0 saturated carbocycles. The molecule has 1 aliphatic rings. The highest BCUT2D eigenvalue weighted by atomic mass is 35.5. The number of aliphatic hydroxyl groups excluding tert-OH is 1. The number of hydrogen-bond acceptors (Lipinski definition) is 1. The van der Waals surface area contributed by atoms with Gasteiger partial charge in [0.25, 0.3) is 0 Å². The van der Waals surface area contributed by atoms with Gasteiger partial charge in [-0.2, -0.15) is 0 Å². The molecule has 0 fully saturated rings. The minimum Gasteiger partial charge on any atom is -0.507 e. The molecule has 0 aromatic heterocycles. The lowest BCUT2D eigenvalue weighted by atomic mass is 10.1. The molecule has 0 unspecified atom stereocenters. The second kappa shape index (κ2) is 4.36. The first-order chi connectivity index (χ1) is 5.70. The molecule has 0 radical (unpaired) electrons. The van der Waals surface area contributed by atoms with E-state index in [2.05, 4.69) is 6.58 Å². The molecule has 1 nitrogen and oxygen atoms in total. The third-order valence-electron chi connectivity index (χ3n) is 1.87. The van der Waals surface area contributed by atoms with Crippen molar-refractivity contribution in [2.45, 2.75) is 25.7 Å². The number of allylic oxidation sites excluding steroid dienone is 4. The van der Waals surface area contributed by atoms with E-state index in [1.807, 2.05) is 0 Å². The molecule has 0 aromatic carbocycles. The van der Waals surface area contributed by atoms with E-state index in [9.17, 15) is 5.11 Å². The normalized spacial score (nSPS) is 28.9. The molecule has 1 N–H and O–H groups in total. The second-order valence-corrected chi connectivity index (χ2v) is 3.39. The molecule has 0 heterocycles. The van der Waals surface area contributed by atoms with E-state index in [0.717, 1.165) is 31.3 Å². The van der Waals surface area contributed by atoms with Crippen molar-refractivity contribution in [3.63, 3.8) is 0 Å². The fourth-order valence-electron chi connectivity index (χ4n) is 1.16. The lowest BCUT2D eigenvalue weighted by molar-refractivity contribution is 0.426. The summed E-state index contributed by atoms with van der Waals surface area (Å²) in [6.45, 7) is 3.84. The first kappa shape index (κ1) is 9.40. The van der Waals surface area contributed by atoms with Crippen LogP contribution in [0.2, 0.25) is 0 Å². The Hall–Kier alpha value is -0.690. The van der Waals surface area contributed by atoms with Crippen molar-refractivity contribution in [1.29, 1.82) is 0 Å². The fraction of sp³-hybridized carbons (Fsp3) is 0.400. The van der Waals surface area contributed by atoms with Gasteiger partial charge in [-0.05, 0) is 37.8 Å². The predicted molar refractivity (Wildman–Crippen MR) is 52.3 cm³/mol. The molecule has 0 amide bonds. The van der Waals surface area contributed by atoms with Crippen LogP contribution >= 0.6 is 11.6 Å². The van der Waals surface area contributed by atoms with E-state index < -0.39 is 0 Å². The summed E-state index contributed by atoms with van der Waals surface area (Å²) in [6.07, 6.45) is 7.56. The first-order valence-corrected chi connectivity index (χ1v) is 4.52. The molecule has 0 aliphatic heterocycles. The lowest BCUT2D eigenvalue weighted by Gasteiger charge is -1.97. The van der Waals surface area contributed by atoms with Crippen molar-refractivity contribution >= 4 is 11.6 Å². The van der Waals surface area contributed by atoms with Crippen molar-refractivity contribution in [2.24, 2.45) is 0 Å². The van der Waals surface area contributed by atoms with E-state index in [0.29, 0.717) is 5.03 Å². The maximum atomic E-state index is 9.35. The van der Waals surface area contributed by atoms with Crippen molar-refractivity contribution in [1.82, 2.24) is 0 Å². The number of halogens is 1. The van der Waals surface area contributed by atoms with Gasteiger partial charge >= 0.3 is 0 Å². The van der Waals surface area contributed by atoms with Crippen LogP contribution in [0.4, 0.5) is 0 Å². The highest BCUT2D eigenvalue weighted by molar-refractivity contribution is 6.31. The Morgan fingerprint density at radius 2 is 2.17 bits per heavy atom. The van der Waals surface area contributed by atoms with Crippen molar-refractivity contribution < 1.29 is 5.11 Å². The summed E-state index contributed by atoms with van der Waals surface area (Å²) < 4.78 is 0. The SMILES string of the molecule is C=C1/C=C(Cl)\C(O)=C/CCCC1. The van der Waals surface area contributed by atoms with Gasteiger partial charge in [-0.25, -0.2) is 0 Å². The second-order valence-electron chi connectivity index (χ2n) is 2.99. The Morgan fingerprint density at radius 1 is 1.42 bits per heavy atom. The predicted octanol–water partition coefficient (Wildman–Crippen LogP) is 3.68. The van der Waals surface area contributed by atoms with Gasteiger partial charge in [0.15, 0.2) is 0 Å². The minimum atomic E-state index is 0.180. The van der Waals surface area contributed by atoms with Crippen LogP contribution in [0.5, 0.6) is 0 Å². The van der Waals surface area contributed by atoms with Crippen LogP contribution < -0.4 is 0 Å². The highest BCUT2D eigenvalue weighted by Crippen LogP contribution is 2.20. The van der Waals surface area contributed by atoms with Crippen LogP contribution in [0.3, 0.4) is 0 Å². The molecular weight excluding hydrogens is 172 g/mol. The molecule has 66 valence electrons. The average Bonchev–Trinajstić information content (AvgIpc) is 2.07. The van der Waals surface area contributed by atoms with Gasteiger partial charge in [0.1, 0.15) is 5.76 Å². The molecule has 1 rings (SSSR count). The summed E-state index contributed by atoms with van der Waals surface area (Å²) in [5.41, 5.74) is 0.988. The summed E-state index contributed by atoms with van der Waals surface area (Å²) in [7, 11) is 0. The molecule has 12 heavy (non-hydrogen) atoms. The van der Waals surface area contributed by atoms with Crippen LogP contribution in [-0.4, -0.2) is 5.11 Å². The van der Waals surface area contributed by atoms with E-state index in [1.54, 1.807) is 12.2 Å². The Bertz CT molecular complexity index is 238. The maximum Gasteiger partial charge on any atom is 0.130 e. The van der Waals surface area contributed by atoms with Crippen LogP contribution in [-0.2, 0) is 0 Å². The van der Waals surface area contributed by atoms with Gasteiger partial charge in [-0.1, -0.05) is 23.8 Å². The Balaban J connectivity index is 2.79. The standard InChI is InChI=1S/C10H13ClO/c1-8-5-3-2-4-6-10(12)9(11)7-8/h6-7,12H,1-5H2/b9-7+,10-6+. The van der Waals surface area contributed by atoms with Gasteiger partial charge in [0, 0.05) is 0 Å². The Labute approximate surface area is 78.0 Å². The van der Waals surface area contributed by atoms with E-state index in [1.165, 1.54) is 0 Å². The molecule has 0 aromatic rings. The van der Waals surface area contributed by atoms with Gasteiger partial charge < -0.3 is 5.11 Å². The summed E-state index contributed by atoms with van der Waals surface area (Å²) in [6, 6.07) is 0. The van der Waals surface area contributed by atoms with Gasteiger partial charge in [0.05, 0.1) is 5.03 Å². The summed E-state index contributed by atoms with van der Waals surface area (Å²) >= 11 is 5.79. The summed E-state index contributed by atoms with van der Waals surface area (Å²) in [5.74, 6) is 0.180. The molecular formula is C10H13ClO. The van der Waals surface area contributed by atoms with Crippen molar-refractivity contribution in [2.75, 3.05) is 0 Å².